The minimum absolute atomic E-state index is 0.151. The highest BCUT2D eigenvalue weighted by atomic mass is 16.1. The van der Waals surface area contributed by atoms with Crippen molar-refractivity contribution < 1.29 is 4.79 Å². The quantitative estimate of drug-likeness (QED) is 0.831. The first kappa shape index (κ1) is 12.0. The second-order valence-corrected chi connectivity index (χ2v) is 3.83. The molecule has 0 unspecified atom stereocenters. The Balaban J connectivity index is 1.97. The van der Waals surface area contributed by atoms with Gasteiger partial charge >= 0.3 is 0 Å². The molecule has 0 spiro atoms. The van der Waals surface area contributed by atoms with Crippen molar-refractivity contribution in [3.63, 3.8) is 0 Å². The van der Waals surface area contributed by atoms with E-state index < -0.39 is 5.91 Å². The molecule has 18 heavy (non-hydrogen) atoms. The van der Waals surface area contributed by atoms with Gasteiger partial charge in [-0.3, -0.25) is 9.78 Å². The second kappa shape index (κ2) is 5.22. The number of aromatic nitrogens is 3. The molecule has 0 aliphatic heterocycles. The smallest absolute Gasteiger partial charge is 0.269 e. The number of amides is 1. The highest BCUT2D eigenvalue weighted by Crippen LogP contribution is 2.05. The van der Waals surface area contributed by atoms with Crippen LogP contribution in [-0.2, 0) is 6.54 Å². The summed E-state index contributed by atoms with van der Waals surface area (Å²) < 4.78 is 0. The van der Waals surface area contributed by atoms with Gasteiger partial charge in [0.2, 0.25) is 0 Å². The summed E-state index contributed by atoms with van der Waals surface area (Å²) in [7, 11) is 0. The third kappa shape index (κ3) is 3.00. The molecule has 2 aromatic heterocycles. The number of nitrogens with zero attached hydrogens (tertiary/aromatic N) is 3. The largest absolute Gasteiger partial charge is 0.364 e. The summed E-state index contributed by atoms with van der Waals surface area (Å²) in [4.78, 5) is 15.0. The van der Waals surface area contributed by atoms with Crippen LogP contribution in [-0.4, -0.2) is 21.1 Å². The molecular weight excluding hydrogens is 230 g/mol. The Morgan fingerprint density at radius 3 is 2.67 bits per heavy atom. The zero-order valence-electron chi connectivity index (χ0n) is 9.92. The number of nitrogens with one attached hydrogen (secondary N) is 1. The maximum absolute atomic E-state index is 10.8. The van der Waals surface area contributed by atoms with Gasteiger partial charge in [-0.05, 0) is 30.7 Å². The third-order valence-electron chi connectivity index (χ3n) is 2.36. The van der Waals surface area contributed by atoms with Crippen LogP contribution in [0.5, 0.6) is 0 Å². The van der Waals surface area contributed by atoms with E-state index in [1.54, 1.807) is 12.3 Å². The van der Waals surface area contributed by atoms with Crippen molar-refractivity contribution >= 4 is 11.7 Å². The number of hydrogen-bond donors (Lipinski definition) is 2. The number of pyridine rings is 1. The zero-order chi connectivity index (χ0) is 13.0. The van der Waals surface area contributed by atoms with E-state index in [0.717, 1.165) is 11.3 Å². The van der Waals surface area contributed by atoms with E-state index in [9.17, 15) is 4.79 Å². The van der Waals surface area contributed by atoms with Gasteiger partial charge in [0.15, 0.2) is 5.69 Å². The molecule has 0 aromatic carbocycles. The molecule has 2 rings (SSSR count). The SMILES string of the molecule is Cc1ccc(CNc2ccc(C(N)=O)nn2)cn1. The van der Waals surface area contributed by atoms with Crippen LogP contribution in [0, 0.1) is 6.92 Å². The molecule has 2 aromatic rings. The summed E-state index contributed by atoms with van der Waals surface area (Å²) in [5, 5.41) is 10.6. The molecule has 0 saturated heterocycles. The van der Waals surface area contributed by atoms with Gasteiger partial charge in [-0.2, -0.15) is 0 Å². The van der Waals surface area contributed by atoms with Gasteiger partial charge in [-0.1, -0.05) is 6.07 Å². The molecule has 6 heteroatoms. The topological polar surface area (TPSA) is 93.8 Å². The first-order valence-electron chi connectivity index (χ1n) is 5.44. The van der Waals surface area contributed by atoms with Crippen molar-refractivity contribution in [1.29, 1.82) is 0 Å². The van der Waals surface area contributed by atoms with E-state index in [0.29, 0.717) is 12.4 Å². The molecule has 3 N–H and O–H groups in total. The van der Waals surface area contributed by atoms with Gasteiger partial charge in [-0.25, -0.2) is 0 Å². The van der Waals surface area contributed by atoms with Gasteiger partial charge in [0.1, 0.15) is 5.82 Å². The summed E-state index contributed by atoms with van der Waals surface area (Å²) in [6, 6.07) is 7.12. The predicted octanol–water partition coefficient (Wildman–Crippen LogP) is 0.891. The predicted molar refractivity (Wildman–Crippen MR) is 66.9 cm³/mol. The van der Waals surface area contributed by atoms with Crippen molar-refractivity contribution in [3.05, 3.63) is 47.4 Å². The van der Waals surface area contributed by atoms with Crippen molar-refractivity contribution in [3.8, 4) is 0 Å². The number of carbonyl (C=O) groups excluding carboxylic acids is 1. The van der Waals surface area contributed by atoms with Crippen LogP contribution in [0.4, 0.5) is 5.82 Å². The Morgan fingerprint density at radius 2 is 2.11 bits per heavy atom. The molecule has 0 aliphatic rings. The second-order valence-electron chi connectivity index (χ2n) is 3.83. The minimum Gasteiger partial charge on any atom is -0.364 e. The van der Waals surface area contributed by atoms with Gasteiger partial charge < -0.3 is 11.1 Å². The fourth-order valence-corrected chi connectivity index (χ4v) is 1.35. The van der Waals surface area contributed by atoms with Crippen molar-refractivity contribution in [2.45, 2.75) is 13.5 Å². The van der Waals surface area contributed by atoms with E-state index >= 15 is 0 Å². The molecule has 1 amide bonds. The lowest BCUT2D eigenvalue weighted by atomic mass is 10.2. The Hall–Kier alpha value is -2.50. The van der Waals surface area contributed by atoms with E-state index in [-0.39, 0.29) is 5.69 Å². The van der Waals surface area contributed by atoms with Crippen LogP contribution in [0.25, 0.3) is 0 Å². The number of nitrogens with two attached hydrogens (primary N) is 1. The van der Waals surface area contributed by atoms with E-state index in [4.69, 9.17) is 5.73 Å². The number of primary amides is 1. The average molecular weight is 243 g/mol. The molecule has 0 aliphatic carbocycles. The Labute approximate surface area is 104 Å². The summed E-state index contributed by atoms with van der Waals surface area (Å²) in [6.07, 6.45) is 1.80. The van der Waals surface area contributed by atoms with E-state index in [1.807, 2.05) is 19.1 Å². The monoisotopic (exact) mass is 243 g/mol. The zero-order valence-corrected chi connectivity index (χ0v) is 9.92. The van der Waals surface area contributed by atoms with Crippen molar-refractivity contribution in [1.82, 2.24) is 15.2 Å². The summed E-state index contributed by atoms with van der Waals surface area (Å²) in [5.74, 6) is -0.00244. The molecule has 0 saturated carbocycles. The summed E-state index contributed by atoms with van der Waals surface area (Å²) in [6.45, 7) is 2.53. The summed E-state index contributed by atoms with van der Waals surface area (Å²) >= 11 is 0. The fourth-order valence-electron chi connectivity index (χ4n) is 1.35. The normalized spacial score (nSPS) is 10.1. The number of hydrogen-bond acceptors (Lipinski definition) is 5. The molecule has 92 valence electrons. The molecule has 0 bridgehead atoms. The van der Waals surface area contributed by atoms with Crippen LogP contribution < -0.4 is 11.1 Å². The number of rotatable bonds is 4. The lowest BCUT2D eigenvalue weighted by Gasteiger charge is -2.05. The Morgan fingerprint density at radius 1 is 1.28 bits per heavy atom. The molecule has 0 atom stereocenters. The molecular formula is C12H13N5O. The van der Waals surface area contributed by atoms with Gasteiger partial charge in [-0.15, -0.1) is 10.2 Å². The molecule has 6 nitrogen and oxygen atoms in total. The number of carbonyl (C=O) groups is 1. The van der Waals surface area contributed by atoms with Crippen LogP contribution >= 0.6 is 0 Å². The number of anilines is 1. The van der Waals surface area contributed by atoms with E-state index in [2.05, 4.69) is 20.5 Å². The van der Waals surface area contributed by atoms with Crippen molar-refractivity contribution in [2.24, 2.45) is 5.73 Å². The summed E-state index contributed by atoms with van der Waals surface area (Å²) in [5.41, 5.74) is 7.24. The highest BCUT2D eigenvalue weighted by Gasteiger charge is 2.02. The van der Waals surface area contributed by atoms with Crippen LogP contribution in [0.3, 0.4) is 0 Å². The van der Waals surface area contributed by atoms with Crippen LogP contribution in [0.15, 0.2) is 30.5 Å². The highest BCUT2D eigenvalue weighted by molar-refractivity contribution is 5.90. The molecule has 0 fully saturated rings. The lowest BCUT2D eigenvalue weighted by molar-refractivity contribution is 0.0994. The van der Waals surface area contributed by atoms with Gasteiger partial charge in [0.05, 0.1) is 0 Å². The molecule has 2 heterocycles. The van der Waals surface area contributed by atoms with Crippen LogP contribution in [0.1, 0.15) is 21.7 Å². The third-order valence-corrected chi connectivity index (χ3v) is 2.36. The lowest BCUT2D eigenvalue weighted by Crippen LogP contribution is -2.14. The standard InChI is InChI=1S/C12H13N5O/c1-8-2-3-9(6-14-8)7-15-11-5-4-10(12(13)18)16-17-11/h2-6H,7H2,1H3,(H2,13,18)(H,15,17). The van der Waals surface area contributed by atoms with E-state index in [1.165, 1.54) is 6.07 Å². The van der Waals surface area contributed by atoms with Crippen LogP contribution in [0.2, 0.25) is 0 Å². The Kier molecular flexibility index (Phi) is 3.47. The maximum atomic E-state index is 10.8. The maximum Gasteiger partial charge on any atom is 0.269 e. The van der Waals surface area contributed by atoms with Gasteiger partial charge in [0, 0.05) is 18.4 Å². The average Bonchev–Trinajstić information content (AvgIpc) is 2.38. The minimum atomic E-state index is -0.586. The Bertz CT molecular complexity index is 535. The fraction of sp³-hybridized carbons (Fsp3) is 0.167. The van der Waals surface area contributed by atoms with Gasteiger partial charge in [0.25, 0.3) is 5.91 Å². The van der Waals surface area contributed by atoms with Crippen molar-refractivity contribution in [2.75, 3.05) is 5.32 Å². The molecule has 0 radical (unpaired) electrons. The first-order valence-corrected chi connectivity index (χ1v) is 5.44. The number of aryl methyl sites for hydroxylation is 1. The first-order chi connectivity index (χ1) is 8.65.